The smallest absolute Gasteiger partial charge is 0.242 e. The number of ether oxygens (including phenoxy) is 1. The first-order valence-electron chi connectivity index (χ1n) is 5.48. The van der Waals surface area contributed by atoms with Gasteiger partial charge in [0.15, 0.2) is 0 Å². The Morgan fingerprint density at radius 3 is 2.83 bits per heavy atom. The molecule has 18 heavy (non-hydrogen) atoms. The van der Waals surface area contributed by atoms with Crippen LogP contribution in [0.25, 0.3) is 0 Å². The molecular weight excluding hydrogens is 256 g/mol. The maximum atomic E-state index is 11.9. The molecule has 1 heterocycles. The lowest BCUT2D eigenvalue weighted by atomic mass is 10.0. The van der Waals surface area contributed by atoms with E-state index in [1.807, 2.05) is 0 Å². The van der Waals surface area contributed by atoms with Gasteiger partial charge >= 0.3 is 0 Å². The van der Waals surface area contributed by atoms with Crippen LogP contribution in [0.2, 0.25) is 0 Å². The number of pyridine rings is 1. The van der Waals surface area contributed by atoms with Gasteiger partial charge in [0.25, 0.3) is 0 Å². The largest absolute Gasteiger partial charge is 0.389 e. The second kappa shape index (κ2) is 6.24. The SMILES string of the molecule is COCCC(C)(O)CNS(=O)(=O)c1cccnc1. The van der Waals surface area contributed by atoms with E-state index in [9.17, 15) is 13.5 Å². The van der Waals surface area contributed by atoms with Crippen molar-refractivity contribution >= 4 is 10.0 Å². The summed E-state index contributed by atoms with van der Waals surface area (Å²) in [5.41, 5.74) is -1.15. The highest BCUT2D eigenvalue weighted by atomic mass is 32.2. The van der Waals surface area contributed by atoms with Crippen molar-refractivity contribution in [2.24, 2.45) is 0 Å². The van der Waals surface area contributed by atoms with Crippen molar-refractivity contribution in [3.63, 3.8) is 0 Å². The van der Waals surface area contributed by atoms with Crippen LogP contribution in [0, 0.1) is 0 Å². The topological polar surface area (TPSA) is 88.5 Å². The van der Waals surface area contributed by atoms with Gasteiger partial charge in [-0.05, 0) is 19.1 Å². The number of hydrogen-bond acceptors (Lipinski definition) is 5. The van der Waals surface area contributed by atoms with E-state index in [-0.39, 0.29) is 11.4 Å². The van der Waals surface area contributed by atoms with Crippen LogP contribution in [0.3, 0.4) is 0 Å². The second-order valence-electron chi connectivity index (χ2n) is 4.25. The van der Waals surface area contributed by atoms with Gasteiger partial charge in [-0.15, -0.1) is 0 Å². The Bertz CT molecular complexity index is 459. The minimum Gasteiger partial charge on any atom is -0.389 e. The summed E-state index contributed by atoms with van der Waals surface area (Å²) in [7, 11) is -2.11. The number of methoxy groups -OCH3 is 1. The van der Waals surface area contributed by atoms with Crippen molar-refractivity contribution in [3.8, 4) is 0 Å². The Labute approximate surface area is 107 Å². The molecule has 102 valence electrons. The summed E-state index contributed by atoms with van der Waals surface area (Å²) in [6, 6.07) is 2.98. The van der Waals surface area contributed by atoms with Gasteiger partial charge in [0, 0.05) is 39.1 Å². The summed E-state index contributed by atoms with van der Waals surface area (Å²) in [5.74, 6) is 0. The average Bonchev–Trinajstić information content (AvgIpc) is 2.36. The van der Waals surface area contributed by atoms with E-state index < -0.39 is 15.6 Å². The van der Waals surface area contributed by atoms with Crippen LogP contribution in [-0.4, -0.2) is 44.4 Å². The lowest BCUT2D eigenvalue weighted by molar-refractivity contribution is 0.0292. The van der Waals surface area contributed by atoms with Crippen LogP contribution in [0.5, 0.6) is 0 Å². The molecule has 6 nitrogen and oxygen atoms in total. The Morgan fingerprint density at radius 1 is 1.56 bits per heavy atom. The molecule has 0 fully saturated rings. The molecular formula is C11H18N2O4S. The number of nitrogens with one attached hydrogen (secondary N) is 1. The first kappa shape index (κ1) is 15.0. The van der Waals surface area contributed by atoms with E-state index >= 15 is 0 Å². The quantitative estimate of drug-likeness (QED) is 0.738. The zero-order valence-corrected chi connectivity index (χ0v) is 11.3. The summed E-state index contributed by atoms with van der Waals surface area (Å²) < 4.78 is 30.9. The first-order chi connectivity index (χ1) is 8.37. The number of hydrogen-bond donors (Lipinski definition) is 2. The molecule has 0 amide bonds. The highest BCUT2D eigenvalue weighted by molar-refractivity contribution is 7.89. The van der Waals surface area contributed by atoms with Crippen molar-refractivity contribution < 1.29 is 18.3 Å². The van der Waals surface area contributed by atoms with E-state index in [4.69, 9.17) is 4.74 Å². The molecule has 1 atom stereocenters. The van der Waals surface area contributed by atoms with E-state index in [1.54, 1.807) is 6.92 Å². The third-order valence-electron chi connectivity index (χ3n) is 2.43. The highest BCUT2D eigenvalue weighted by Crippen LogP contribution is 2.11. The maximum Gasteiger partial charge on any atom is 0.242 e. The van der Waals surface area contributed by atoms with E-state index in [1.165, 1.54) is 31.6 Å². The lowest BCUT2D eigenvalue weighted by Crippen LogP contribution is -2.41. The molecule has 0 saturated heterocycles. The third kappa shape index (κ3) is 4.69. The molecule has 0 spiro atoms. The molecule has 1 aromatic heterocycles. The lowest BCUT2D eigenvalue weighted by Gasteiger charge is -2.23. The minimum atomic E-state index is -3.63. The standard InChI is InChI=1S/C11H18N2O4S/c1-11(14,5-7-17-2)9-13-18(15,16)10-4-3-6-12-8-10/h3-4,6,8,13-14H,5,7,9H2,1-2H3. The van der Waals surface area contributed by atoms with Gasteiger partial charge in [0.05, 0.1) is 5.60 Å². The van der Waals surface area contributed by atoms with Gasteiger partial charge in [0.2, 0.25) is 10.0 Å². The maximum absolute atomic E-state index is 11.9. The molecule has 0 aliphatic heterocycles. The van der Waals surface area contributed by atoms with E-state index in [0.29, 0.717) is 13.0 Å². The molecule has 0 aliphatic carbocycles. The second-order valence-corrected chi connectivity index (χ2v) is 6.02. The number of rotatable bonds is 7. The number of nitrogens with zero attached hydrogens (tertiary/aromatic N) is 1. The molecule has 0 aromatic carbocycles. The molecule has 7 heteroatoms. The molecule has 0 aliphatic rings. The van der Waals surface area contributed by atoms with Crippen LogP contribution >= 0.6 is 0 Å². The van der Waals surface area contributed by atoms with Gasteiger partial charge in [0.1, 0.15) is 4.90 Å². The van der Waals surface area contributed by atoms with Gasteiger partial charge in [-0.2, -0.15) is 0 Å². The van der Waals surface area contributed by atoms with Gasteiger partial charge in [-0.1, -0.05) is 0 Å². The number of sulfonamides is 1. The van der Waals surface area contributed by atoms with Gasteiger partial charge in [-0.3, -0.25) is 4.98 Å². The normalized spacial score (nSPS) is 15.3. The molecule has 0 bridgehead atoms. The fourth-order valence-electron chi connectivity index (χ4n) is 1.25. The van der Waals surface area contributed by atoms with Crippen molar-refractivity contribution in [1.82, 2.24) is 9.71 Å². The number of aromatic nitrogens is 1. The predicted octanol–water partition coefficient (Wildman–Crippen LogP) is 0.147. The van der Waals surface area contributed by atoms with Crippen LogP contribution in [0.1, 0.15) is 13.3 Å². The predicted molar refractivity (Wildman–Crippen MR) is 66.5 cm³/mol. The first-order valence-corrected chi connectivity index (χ1v) is 6.97. The molecule has 2 N–H and O–H groups in total. The average molecular weight is 274 g/mol. The Balaban J connectivity index is 2.63. The molecule has 0 radical (unpaired) electrons. The zero-order chi connectivity index (χ0) is 13.6. The summed E-state index contributed by atoms with van der Waals surface area (Å²) in [5, 5.41) is 9.93. The van der Waals surface area contributed by atoms with E-state index in [0.717, 1.165) is 0 Å². The van der Waals surface area contributed by atoms with Crippen molar-refractivity contribution in [2.45, 2.75) is 23.8 Å². The van der Waals surface area contributed by atoms with Gasteiger partial charge in [-0.25, -0.2) is 13.1 Å². The van der Waals surface area contributed by atoms with Crippen molar-refractivity contribution in [1.29, 1.82) is 0 Å². The van der Waals surface area contributed by atoms with Crippen molar-refractivity contribution in [2.75, 3.05) is 20.3 Å². The van der Waals surface area contributed by atoms with Crippen molar-refractivity contribution in [3.05, 3.63) is 24.5 Å². The number of aliphatic hydroxyl groups is 1. The Hall–Kier alpha value is -1.02. The van der Waals surface area contributed by atoms with E-state index in [2.05, 4.69) is 9.71 Å². The Kier molecular flexibility index (Phi) is 5.21. The third-order valence-corrected chi connectivity index (χ3v) is 3.82. The van der Waals surface area contributed by atoms with Crippen LogP contribution in [-0.2, 0) is 14.8 Å². The van der Waals surface area contributed by atoms with Crippen LogP contribution in [0.15, 0.2) is 29.4 Å². The monoisotopic (exact) mass is 274 g/mol. The Morgan fingerprint density at radius 2 is 2.28 bits per heavy atom. The van der Waals surface area contributed by atoms with Crippen LogP contribution < -0.4 is 4.72 Å². The fraction of sp³-hybridized carbons (Fsp3) is 0.545. The summed E-state index contributed by atoms with van der Waals surface area (Å²) in [6.07, 6.45) is 3.10. The molecule has 1 rings (SSSR count). The van der Waals surface area contributed by atoms with Crippen LogP contribution in [0.4, 0.5) is 0 Å². The summed E-state index contributed by atoms with van der Waals surface area (Å²) in [6.45, 7) is 1.84. The molecule has 1 unspecified atom stereocenters. The van der Waals surface area contributed by atoms with Gasteiger partial charge < -0.3 is 9.84 Å². The fourth-order valence-corrected chi connectivity index (χ4v) is 2.38. The molecule has 1 aromatic rings. The highest BCUT2D eigenvalue weighted by Gasteiger charge is 2.23. The molecule has 0 saturated carbocycles. The summed E-state index contributed by atoms with van der Waals surface area (Å²) >= 11 is 0. The minimum absolute atomic E-state index is 0.0758. The zero-order valence-electron chi connectivity index (χ0n) is 10.5. The summed E-state index contributed by atoms with van der Waals surface area (Å²) in [4.78, 5) is 3.82.